The van der Waals surface area contributed by atoms with Crippen LogP contribution in [-0.4, -0.2) is 31.2 Å². The molecule has 0 saturated carbocycles. The number of anilines is 2. The van der Waals surface area contributed by atoms with E-state index in [1.54, 1.807) is 61.7 Å². The summed E-state index contributed by atoms with van der Waals surface area (Å²) in [4.78, 5) is 17.5. The Morgan fingerprint density at radius 2 is 1.78 bits per heavy atom. The zero-order valence-electron chi connectivity index (χ0n) is 20.3. The van der Waals surface area contributed by atoms with Crippen LogP contribution in [0.15, 0.2) is 83.9 Å². The van der Waals surface area contributed by atoms with Crippen LogP contribution in [-0.2, 0) is 14.6 Å². The van der Waals surface area contributed by atoms with Crippen LogP contribution in [0.1, 0.15) is 26.7 Å². The number of fused-ring (bicyclic) bond motifs is 1. The maximum atomic E-state index is 13.1. The Labute approximate surface area is 211 Å². The van der Waals surface area contributed by atoms with Gasteiger partial charge in [0, 0.05) is 22.8 Å². The lowest BCUT2D eigenvalue weighted by Crippen LogP contribution is -2.32. The van der Waals surface area contributed by atoms with Crippen LogP contribution in [0.25, 0.3) is 21.9 Å². The maximum absolute atomic E-state index is 13.1. The zero-order chi connectivity index (χ0) is 25.7. The van der Waals surface area contributed by atoms with Crippen LogP contribution in [0.4, 0.5) is 11.5 Å². The number of nitrogens with zero attached hydrogens (tertiary/aromatic N) is 1. The first-order valence-corrected chi connectivity index (χ1v) is 13.5. The van der Waals surface area contributed by atoms with Gasteiger partial charge in [0.25, 0.3) is 5.91 Å². The van der Waals surface area contributed by atoms with Gasteiger partial charge in [0.05, 0.1) is 10.6 Å². The Morgan fingerprint density at radius 1 is 1.03 bits per heavy atom. The van der Waals surface area contributed by atoms with Gasteiger partial charge in [-0.25, -0.2) is 13.4 Å². The van der Waals surface area contributed by atoms with Gasteiger partial charge in [0.2, 0.25) is 0 Å². The minimum absolute atomic E-state index is 0.0251. The van der Waals surface area contributed by atoms with Crippen molar-refractivity contribution in [1.29, 1.82) is 0 Å². The van der Waals surface area contributed by atoms with Gasteiger partial charge in [-0.05, 0) is 53.8 Å². The Kier molecular flexibility index (Phi) is 7.55. The van der Waals surface area contributed by atoms with Crippen molar-refractivity contribution in [3.05, 3.63) is 79.0 Å². The number of nitrogens with two attached hydrogens (primary N) is 1. The van der Waals surface area contributed by atoms with Gasteiger partial charge in [0.15, 0.2) is 15.9 Å². The van der Waals surface area contributed by atoms with E-state index < -0.39 is 15.9 Å². The molecule has 0 aliphatic rings. The van der Waals surface area contributed by atoms with Crippen molar-refractivity contribution in [1.82, 2.24) is 4.98 Å². The number of sulfone groups is 1. The third kappa shape index (κ3) is 5.49. The number of amides is 1. The summed E-state index contributed by atoms with van der Waals surface area (Å²) in [6.45, 7) is 3.62. The van der Waals surface area contributed by atoms with Crippen LogP contribution >= 0.6 is 0 Å². The summed E-state index contributed by atoms with van der Waals surface area (Å²) in [5.74, 6) is 0.706. The number of hydrogen-bond acceptors (Lipinski definition) is 6. The molecule has 0 aliphatic heterocycles. The van der Waals surface area contributed by atoms with Gasteiger partial charge >= 0.3 is 0 Å². The molecule has 0 aliphatic carbocycles. The lowest BCUT2D eigenvalue weighted by Gasteiger charge is -2.19. The number of carbonyl (C=O) groups excluding carboxylic acids is 1. The number of nitrogen functional groups attached to an aromatic ring is 1. The molecule has 4 rings (SSSR count). The molecular weight excluding hydrogens is 474 g/mol. The van der Waals surface area contributed by atoms with Crippen molar-refractivity contribution in [3.8, 4) is 16.9 Å². The van der Waals surface area contributed by atoms with Gasteiger partial charge in [-0.3, -0.25) is 4.79 Å². The number of ether oxygens (including phenoxy) is 1. The van der Waals surface area contributed by atoms with Crippen LogP contribution in [0, 0.1) is 0 Å². The number of hydrogen-bond donors (Lipinski definition) is 2. The third-order valence-corrected chi connectivity index (χ3v) is 7.74. The van der Waals surface area contributed by atoms with Crippen molar-refractivity contribution in [2.75, 3.05) is 16.8 Å². The monoisotopic (exact) mass is 503 g/mol. The topological polar surface area (TPSA) is 111 Å². The van der Waals surface area contributed by atoms with Crippen molar-refractivity contribution < 1.29 is 17.9 Å². The summed E-state index contributed by atoms with van der Waals surface area (Å²) in [5.41, 5.74) is 7.97. The van der Waals surface area contributed by atoms with Gasteiger partial charge < -0.3 is 15.8 Å². The van der Waals surface area contributed by atoms with Gasteiger partial charge in [-0.2, -0.15) is 0 Å². The molecule has 1 unspecified atom stereocenters. The molecule has 8 heteroatoms. The lowest BCUT2D eigenvalue weighted by molar-refractivity contribution is -0.123. The number of rotatable bonds is 9. The fourth-order valence-electron chi connectivity index (χ4n) is 4.00. The van der Waals surface area contributed by atoms with E-state index in [1.807, 2.05) is 31.2 Å². The van der Waals surface area contributed by atoms with Crippen molar-refractivity contribution in [2.24, 2.45) is 0 Å². The van der Waals surface area contributed by atoms with Crippen molar-refractivity contribution in [2.45, 2.75) is 37.7 Å². The maximum Gasteiger partial charge on any atom is 0.265 e. The minimum atomic E-state index is -3.37. The first-order valence-electron chi connectivity index (χ1n) is 11.9. The molecule has 0 saturated heterocycles. The summed E-state index contributed by atoms with van der Waals surface area (Å²) in [6.07, 6.45) is 2.25. The van der Waals surface area contributed by atoms with Crippen LogP contribution < -0.4 is 15.8 Å². The second-order valence-corrected chi connectivity index (χ2v) is 10.7. The predicted octanol–water partition coefficient (Wildman–Crippen LogP) is 5.46. The first-order chi connectivity index (χ1) is 17.3. The van der Waals surface area contributed by atoms with E-state index >= 15 is 0 Å². The molecule has 3 N–H and O–H groups in total. The molecule has 7 nitrogen and oxygen atoms in total. The third-order valence-electron chi connectivity index (χ3n) is 5.96. The van der Waals surface area contributed by atoms with Gasteiger partial charge in [0.1, 0.15) is 11.6 Å². The van der Waals surface area contributed by atoms with E-state index in [1.165, 1.54) is 0 Å². The molecule has 36 heavy (non-hydrogen) atoms. The van der Waals surface area contributed by atoms with Crippen molar-refractivity contribution >= 4 is 38.0 Å². The average molecular weight is 504 g/mol. The molecule has 0 fully saturated rings. The second-order valence-electron chi connectivity index (χ2n) is 8.44. The first kappa shape index (κ1) is 25.2. The molecule has 0 bridgehead atoms. The highest BCUT2D eigenvalue weighted by atomic mass is 32.2. The Bertz CT molecular complexity index is 1480. The Hall–Kier alpha value is -3.91. The van der Waals surface area contributed by atoms with E-state index in [0.717, 1.165) is 22.8 Å². The second kappa shape index (κ2) is 10.8. The van der Waals surface area contributed by atoms with E-state index in [0.29, 0.717) is 34.1 Å². The van der Waals surface area contributed by atoms with E-state index in [4.69, 9.17) is 10.5 Å². The average Bonchev–Trinajstić information content (AvgIpc) is 2.89. The molecule has 0 spiro atoms. The van der Waals surface area contributed by atoms with Crippen LogP contribution in [0.3, 0.4) is 0 Å². The molecule has 186 valence electrons. The van der Waals surface area contributed by atoms with E-state index in [9.17, 15) is 13.2 Å². The molecule has 1 atom stereocenters. The number of benzene rings is 3. The normalized spacial score (nSPS) is 12.3. The molecule has 4 aromatic rings. The highest BCUT2D eigenvalue weighted by molar-refractivity contribution is 7.91. The number of aromatic nitrogens is 1. The number of pyridine rings is 1. The lowest BCUT2D eigenvalue weighted by atomic mass is 10.1. The Morgan fingerprint density at radius 3 is 2.50 bits per heavy atom. The largest absolute Gasteiger partial charge is 0.481 e. The number of nitrogens with one attached hydrogen (secondary N) is 1. The standard InChI is InChI=1S/C28H29N3O4S/c1-3-7-25(35-22-15-12-20-16-17-30-27(29)24(20)18-22)28(32)31-21-13-10-19(11-14-21)23-8-5-6-9-26(23)36(33,34)4-2/h5-6,8-18,25H,3-4,7H2,1-2H3,(H2,29,30)(H,31,32). The van der Waals surface area contributed by atoms with E-state index in [-0.39, 0.29) is 11.7 Å². The minimum Gasteiger partial charge on any atom is -0.481 e. The summed E-state index contributed by atoms with van der Waals surface area (Å²) < 4.78 is 31.1. The summed E-state index contributed by atoms with van der Waals surface area (Å²) >= 11 is 0. The van der Waals surface area contributed by atoms with E-state index in [2.05, 4.69) is 10.3 Å². The molecule has 3 aromatic carbocycles. The number of carbonyl (C=O) groups is 1. The molecule has 1 amide bonds. The quantitative estimate of drug-likeness (QED) is 0.314. The van der Waals surface area contributed by atoms with Crippen LogP contribution in [0.2, 0.25) is 0 Å². The van der Waals surface area contributed by atoms with Gasteiger partial charge in [-0.15, -0.1) is 0 Å². The SMILES string of the molecule is CCCC(Oc1ccc2ccnc(N)c2c1)C(=O)Nc1ccc(-c2ccccc2S(=O)(=O)CC)cc1. The smallest absolute Gasteiger partial charge is 0.265 e. The highest BCUT2D eigenvalue weighted by Crippen LogP contribution is 2.29. The fraction of sp³-hybridized carbons (Fsp3) is 0.214. The predicted molar refractivity (Wildman–Crippen MR) is 144 cm³/mol. The van der Waals surface area contributed by atoms with Gasteiger partial charge in [-0.1, -0.05) is 56.7 Å². The summed E-state index contributed by atoms with van der Waals surface area (Å²) in [7, 11) is -3.37. The summed E-state index contributed by atoms with van der Waals surface area (Å²) in [6, 6.07) is 21.4. The zero-order valence-corrected chi connectivity index (χ0v) is 21.1. The van der Waals surface area contributed by atoms with Crippen LogP contribution in [0.5, 0.6) is 5.75 Å². The summed E-state index contributed by atoms with van der Waals surface area (Å²) in [5, 5.41) is 4.63. The molecule has 1 heterocycles. The highest BCUT2D eigenvalue weighted by Gasteiger charge is 2.21. The fourth-order valence-corrected chi connectivity index (χ4v) is 5.12. The molecule has 1 aromatic heterocycles. The molecular formula is C28H29N3O4S. The van der Waals surface area contributed by atoms with Crippen molar-refractivity contribution in [3.63, 3.8) is 0 Å². The Balaban J connectivity index is 1.52. The molecule has 0 radical (unpaired) electrons.